The van der Waals surface area contributed by atoms with E-state index in [4.69, 9.17) is 28.3 Å². The first-order valence-corrected chi connectivity index (χ1v) is 9.63. The van der Waals surface area contributed by atoms with Crippen molar-refractivity contribution in [3.63, 3.8) is 0 Å². The molecular formula is C20H15Cl2F3N2O4. The first kappa shape index (κ1) is 22.8. The van der Waals surface area contributed by atoms with Crippen LogP contribution in [0.15, 0.2) is 42.5 Å². The van der Waals surface area contributed by atoms with Crippen molar-refractivity contribution in [1.82, 2.24) is 9.88 Å². The minimum absolute atomic E-state index is 0.0262. The summed E-state index contributed by atoms with van der Waals surface area (Å²) >= 11 is 11.8. The number of nitrogens with zero attached hydrogens (tertiary/aromatic N) is 1. The number of aryl methyl sites for hydroxylation is 1. The molecule has 0 spiro atoms. The third-order valence-electron chi connectivity index (χ3n) is 4.49. The number of amides is 1. The zero-order chi connectivity index (χ0) is 22.9. The standard InChI is InChI=1S/C20H15Cl2F3N2O4/c1-2-27-14-9-13(22)16(31-19(29)30)8-11(14)7-15(27)18(28)26-17(20(23,24)25)10-4-3-5-12(21)6-10/h3-9,17H,2H2,1H3,(H,26,28)(H,29,30). The highest BCUT2D eigenvalue weighted by Gasteiger charge is 2.42. The van der Waals surface area contributed by atoms with Crippen molar-refractivity contribution in [2.45, 2.75) is 25.7 Å². The van der Waals surface area contributed by atoms with E-state index in [9.17, 15) is 22.8 Å². The number of alkyl halides is 3. The zero-order valence-electron chi connectivity index (χ0n) is 15.8. The van der Waals surface area contributed by atoms with Crippen LogP contribution in [0.4, 0.5) is 18.0 Å². The molecule has 3 aromatic rings. The van der Waals surface area contributed by atoms with Crippen molar-refractivity contribution >= 4 is 46.2 Å². The predicted molar refractivity (Wildman–Crippen MR) is 109 cm³/mol. The molecule has 1 heterocycles. The monoisotopic (exact) mass is 474 g/mol. The van der Waals surface area contributed by atoms with Crippen LogP contribution in [-0.4, -0.2) is 27.9 Å². The summed E-state index contributed by atoms with van der Waals surface area (Å²) in [5.74, 6) is -1.13. The lowest BCUT2D eigenvalue weighted by Crippen LogP contribution is -2.38. The molecule has 0 aliphatic carbocycles. The maximum Gasteiger partial charge on any atom is 0.511 e. The van der Waals surface area contributed by atoms with E-state index in [1.54, 1.807) is 6.92 Å². The number of benzene rings is 2. The molecule has 6 nitrogen and oxygen atoms in total. The number of aromatic nitrogens is 1. The number of nitrogens with one attached hydrogen (secondary N) is 1. The highest BCUT2D eigenvalue weighted by molar-refractivity contribution is 6.33. The second-order valence-corrected chi connectivity index (χ2v) is 7.33. The fourth-order valence-corrected chi connectivity index (χ4v) is 3.60. The molecule has 0 aliphatic rings. The van der Waals surface area contributed by atoms with E-state index in [0.29, 0.717) is 10.9 Å². The van der Waals surface area contributed by atoms with Gasteiger partial charge in [-0.25, -0.2) is 4.79 Å². The molecule has 0 saturated carbocycles. The molecule has 1 amide bonds. The highest BCUT2D eigenvalue weighted by Crippen LogP contribution is 2.35. The Kier molecular flexibility index (Phi) is 6.38. The molecular weight excluding hydrogens is 460 g/mol. The summed E-state index contributed by atoms with van der Waals surface area (Å²) in [6, 6.07) is 6.87. The molecule has 11 heteroatoms. The zero-order valence-corrected chi connectivity index (χ0v) is 17.3. The van der Waals surface area contributed by atoms with E-state index in [0.717, 1.165) is 6.07 Å². The number of ether oxygens (including phenoxy) is 1. The Labute approximate surface area is 184 Å². The summed E-state index contributed by atoms with van der Waals surface area (Å²) in [6.45, 7) is 1.94. The molecule has 0 aliphatic heterocycles. The van der Waals surface area contributed by atoms with Crippen molar-refractivity contribution in [3.05, 3.63) is 63.8 Å². The Hall–Kier alpha value is -2.91. The molecule has 31 heavy (non-hydrogen) atoms. The predicted octanol–water partition coefficient (Wildman–Crippen LogP) is 6.06. The number of carboxylic acid groups (broad SMARTS) is 1. The average Bonchev–Trinajstić information content (AvgIpc) is 3.02. The summed E-state index contributed by atoms with van der Waals surface area (Å²) in [5, 5.41) is 11.3. The number of carbonyl (C=O) groups excluding carboxylic acids is 1. The van der Waals surface area contributed by atoms with E-state index in [-0.39, 0.29) is 33.6 Å². The Bertz CT molecular complexity index is 1160. The number of halogens is 5. The fourth-order valence-electron chi connectivity index (χ4n) is 3.21. The van der Waals surface area contributed by atoms with Crippen molar-refractivity contribution in [3.8, 4) is 5.75 Å². The Morgan fingerprint density at radius 3 is 2.48 bits per heavy atom. The largest absolute Gasteiger partial charge is 0.511 e. The highest BCUT2D eigenvalue weighted by atomic mass is 35.5. The minimum Gasteiger partial charge on any atom is -0.449 e. The van der Waals surface area contributed by atoms with Crippen molar-refractivity contribution in [2.24, 2.45) is 0 Å². The van der Waals surface area contributed by atoms with Crippen molar-refractivity contribution < 1.29 is 32.6 Å². The number of carbonyl (C=O) groups is 2. The molecule has 0 radical (unpaired) electrons. The van der Waals surface area contributed by atoms with Gasteiger partial charge < -0.3 is 19.7 Å². The van der Waals surface area contributed by atoms with Gasteiger partial charge in [0.05, 0.1) is 10.5 Å². The molecule has 1 unspecified atom stereocenters. The smallest absolute Gasteiger partial charge is 0.449 e. The third kappa shape index (κ3) is 4.88. The van der Waals surface area contributed by atoms with Gasteiger partial charge in [-0.15, -0.1) is 0 Å². The van der Waals surface area contributed by atoms with Gasteiger partial charge in [0, 0.05) is 17.0 Å². The normalized spacial score (nSPS) is 12.6. The lowest BCUT2D eigenvalue weighted by molar-refractivity contribution is -0.155. The lowest BCUT2D eigenvalue weighted by atomic mass is 10.1. The summed E-state index contributed by atoms with van der Waals surface area (Å²) in [4.78, 5) is 23.6. The van der Waals surface area contributed by atoms with E-state index in [1.807, 2.05) is 5.32 Å². The topological polar surface area (TPSA) is 80.6 Å². The van der Waals surface area contributed by atoms with Gasteiger partial charge >= 0.3 is 12.3 Å². The van der Waals surface area contributed by atoms with Crippen LogP contribution in [0, 0.1) is 0 Å². The summed E-state index contributed by atoms with van der Waals surface area (Å²) < 4.78 is 47.1. The van der Waals surface area contributed by atoms with Crippen LogP contribution in [0.3, 0.4) is 0 Å². The van der Waals surface area contributed by atoms with Gasteiger partial charge in [-0.3, -0.25) is 4.79 Å². The lowest BCUT2D eigenvalue weighted by Gasteiger charge is -2.22. The van der Waals surface area contributed by atoms with Gasteiger partial charge in [0.2, 0.25) is 0 Å². The van der Waals surface area contributed by atoms with Crippen LogP contribution in [0.5, 0.6) is 5.75 Å². The van der Waals surface area contributed by atoms with E-state index in [1.165, 1.54) is 41.0 Å². The fraction of sp³-hybridized carbons (Fsp3) is 0.200. The molecule has 1 aromatic heterocycles. The first-order valence-electron chi connectivity index (χ1n) is 8.88. The minimum atomic E-state index is -4.77. The van der Waals surface area contributed by atoms with Crippen LogP contribution in [-0.2, 0) is 6.54 Å². The molecule has 0 fully saturated rings. The number of rotatable bonds is 5. The van der Waals surface area contributed by atoms with Gasteiger partial charge in [-0.2, -0.15) is 13.2 Å². The van der Waals surface area contributed by atoms with Crippen molar-refractivity contribution in [1.29, 1.82) is 0 Å². The van der Waals surface area contributed by atoms with Crippen LogP contribution in [0.25, 0.3) is 10.9 Å². The molecule has 3 rings (SSSR count). The summed E-state index contributed by atoms with van der Waals surface area (Å²) in [6.07, 6.45) is -6.35. The van der Waals surface area contributed by atoms with Gasteiger partial charge in [0.15, 0.2) is 11.8 Å². The molecule has 2 aromatic carbocycles. The Balaban J connectivity index is 2.03. The van der Waals surface area contributed by atoms with E-state index in [2.05, 4.69) is 4.74 Å². The van der Waals surface area contributed by atoms with Crippen LogP contribution in [0.2, 0.25) is 10.0 Å². The van der Waals surface area contributed by atoms with Gasteiger partial charge in [-0.1, -0.05) is 35.3 Å². The molecule has 0 bridgehead atoms. The molecule has 1 atom stereocenters. The summed E-state index contributed by atoms with van der Waals surface area (Å²) in [5.41, 5.74) is 0.159. The van der Waals surface area contributed by atoms with E-state index >= 15 is 0 Å². The van der Waals surface area contributed by atoms with E-state index < -0.39 is 24.3 Å². The Morgan fingerprint density at radius 1 is 1.19 bits per heavy atom. The van der Waals surface area contributed by atoms with Crippen LogP contribution >= 0.6 is 23.2 Å². The van der Waals surface area contributed by atoms with Crippen molar-refractivity contribution in [2.75, 3.05) is 0 Å². The van der Waals surface area contributed by atoms with Crippen LogP contribution in [0.1, 0.15) is 29.0 Å². The second-order valence-electron chi connectivity index (χ2n) is 6.49. The number of fused-ring (bicyclic) bond motifs is 1. The maximum atomic E-state index is 13.7. The SMILES string of the molecule is CCn1c(C(=O)NC(c2cccc(Cl)c2)C(F)(F)F)cc2cc(OC(=O)O)c(Cl)cc21. The average molecular weight is 475 g/mol. The molecule has 164 valence electrons. The first-order chi connectivity index (χ1) is 14.5. The van der Waals surface area contributed by atoms with Gasteiger partial charge in [-0.05, 0) is 42.8 Å². The van der Waals surface area contributed by atoms with Crippen LogP contribution < -0.4 is 10.1 Å². The molecule has 2 N–H and O–H groups in total. The maximum absolute atomic E-state index is 13.7. The number of hydrogen-bond acceptors (Lipinski definition) is 3. The second kappa shape index (κ2) is 8.68. The van der Waals surface area contributed by atoms with Gasteiger partial charge in [0.25, 0.3) is 5.91 Å². The number of hydrogen-bond donors (Lipinski definition) is 2. The Morgan fingerprint density at radius 2 is 1.90 bits per heavy atom. The third-order valence-corrected chi connectivity index (χ3v) is 5.02. The summed E-state index contributed by atoms with van der Waals surface area (Å²) in [7, 11) is 0. The molecule has 0 saturated heterocycles. The quantitative estimate of drug-likeness (QED) is 0.348. The van der Waals surface area contributed by atoms with Gasteiger partial charge in [0.1, 0.15) is 5.69 Å².